The van der Waals surface area contributed by atoms with E-state index >= 15 is 0 Å². The molecule has 0 unspecified atom stereocenters. The predicted octanol–water partition coefficient (Wildman–Crippen LogP) is 3.04. The molecule has 0 fully saturated rings. The molecule has 4 nitrogen and oxygen atoms in total. The van der Waals surface area contributed by atoms with Crippen LogP contribution in [0.1, 0.15) is 25.8 Å². The van der Waals surface area contributed by atoms with E-state index in [1.165, 1.54) is 24.3 Å². The van der Waals surface area contributed by atoms with Gasteiger partial charge in [-0.3, -0.25) is 4.79 Å². The van der Waals surface area contributed by atoms with Crippen molar-refractivity contribution >= 4 is 18.3 Å². The van der Waals surface area contributed by atoms with E-state index in [2.05, 4.69) is 10.1 Å². The number of rotatable bonds is 7. The maximum absolute atomic E-state index is 12.0. The minimum Gasteiger partial charge on any atom is -0.406 e. The first-order valence-corrected chi connectivity index (χ1v) is 7.05. The molecule has 23 heavy (non-hydrogen) atoms. The van der Waals surface area contributed by atoms with E-state index in [-0.39, 0.29) is 24.1 Å². The summed E-state index contributed by atoms with van der Waals surface area (Å²) in [6.45, 7) is 4.35. The van der Waals surface area contributed by atoms with Crippen LogP contribution in [0.25, 0.3) is 0 Å². The summed E-state index contributed by atoms with van der Waals surface area (Å²) in [6, 6.07) is 5.01. The molecule has 3 N–H and O–H groups in total. The number of nitrogens with one attached hydrogen (secondary N) is 1. The van der Waals surface area contributed by atoms with Crippen LogP contribution in [-0.2, 0) is 11.2 Å². The molecular formula is C15H22ClF3N2O2. The molecule has 1 rings (SSSR count). The van der Waals surface area contributed by atoms with Crippen molar-refractivity contribution in [2.45, 2.75) is 39.1 Å². The van der Waals surface area contributed by atoms with Crippen molar-refractivity contribution in [1.82, 2.24) is 5.32 Å². The lowest BCUT2D eigenvalue weighted by Gasteiger charge is -2.14. The maximum atomic E-state index is 12.0. The molecule has 0 aliphatic carbocycles. The molecule has 0 bridgehead atoms. The molecule has 0 saturated heterocycles. The van der Waals surface area contributed by atoms with Gasteiger partial charge in [0.2, 0.25) is 5.91 Å². The smallest absolute Gasteiger partial charge is 0.406 e. The molecule has 1 aromatic carbocycles. The van der Waals surface area contributed by atoms with Gasteiger partial charge in [0.15, 0.2) is 0 Å². The Hall–Kier alpha value is -1.47. The number of carbonyl (C=O) groups is 1. The number of benzene rings is 1. The lowest BCUT2D eigenvalue weighted by Crippen LogP contribution is -2.42. The van der Waals surface area contributed by atoms with Crippen LogP contribution in [0.3, 0.4) is 0 Å². The van der Waals surface area contributed by atoms with E-state index in [1.807, 2.05) is 13.8 Å². The third-order valence-corrected chi connectivity index (χ3v) is 2.93. The Morgan fingerprint density at radius 1 is 1.26 bits per heavy atom. The zero-order valence-electron chi connectivity index (χ0n) is 13.0. The normalized spacial score (nSPS) is 12.5. The molecular weight excluding hydrogens is 333 g/mol. The fourth-order valence-corrected chi connectivity index (χ4v) is 1.93. The summed E-state index contributed by atoms with van der Waals surface area (Å²) < 4.78 is 39.8. The SMILES string of the molecule is CC(C)C[C@H](N)C(=O)NCCc1ccc(OC(F)(F)F)cc1.Cl. The van der Waals surface area contributed by atoms with Crippen LogP contribution < -0.4 is 15.8 Å². The van der Waals surface area contributed by atoms with Crippen LogP contribution in [0.2, 0.25) is 0 Å². The van der Waals surface area contributed by atoms with Crippen LogP contribution in [0.15, 0.2) is 24.3 Å². The number of hydrogen-bond acceptors (Lipinski definition) is 3. The summed E-state index contributed by atoms with van der Waals surface area (Å²) in [6.07, 6.45) is -3.58. The van der Waals surface area contributed by atoms with Gasteiger partial charge in [-0.1, -0.05) is 26.0 Å². The zero-order valence-corrected chi connectivity index (χ0v) is 13.8. The quantitative estimate of drug-likeness (QED) is 0.791. The second kappa shape index (κ2) is 9.62. The van der Waals surface area contributed by atoms with Gasteiger partial charge in [-0.15, -0.1) is 25.6 Å². The summed E-state index contributed by atoms with van der Waals surface area (Å²) in [5, 5.41) is 2.71. The standard InChI is InChI=1S/C15H21F3N2O2.ClH/c1-10(2)9-13(19)14(21)20-8-7-11-3-5-12(6-4-11)22-15(16,17)18;/h3-6,10,13H,7-9,19H2,1-2H3,(H,20,21);1H/t13-;/m0./s1. The molecule has 8 heteroatoms. The van der Waals surface area contributed by atoms with Crippen LogP contribution in [0, 0.1) is 5.92 Å². The van der Waals surface area contributed by atoms with Crippen LogP contribution in [0.4, 0.5) is 13.2 Å². The molecule has 0 radical (unpaired) electrons. The average Bonchev–Trinajstić information content (AvgIpc) is 2.38. The highest BCUT2D eigenvalue weighted by atomic mass is 35.5. The number of ether oxygens (including phenoxy) is 1. The number of hydrogen-bond donors (Lipinski definition) is 2. The summed E-state index contributed by atoms with van der Waals surface area (Å²) in [4.78, 5) is 11.7. The van der Waals surface area contributed by atoms with Crippen molar-refractivity contribution < 1.29 is 22.7 Å². The van der Waals surface area contributed by atoms with Gasteiger partial charge >= 0.3 is 6.36 Å². The monoisotopic (exact) mass is 354 g/mol. The lowest BCUT2D eigenvalue weighted by atomic mass is 10.0. The van der Waals surface area contributed by atoms with Gasteiger partial charge in [-0.2, -0.15) is 0 Å². The van der Waals surface area contributed by atoms with Crippen LogP contribution in [0.5, 0.6) is 5.75 Å². The summed E-state index contributed by atoms with van der Waals surface area (Å²) in [5.41, 5.74) is 6.54. The van der Waals surface area contributed by atoms with Gasteiger partial charge in [0.1, 0.15) is 5.75 Å². The summed E-state index contributed by atoms with van der Waals surface area (Å²) >= 11 is 0. The van der Waals surface area contributed by atoms with Crippen LogP contribution in [-0.4, -0.2) is 24.9 Å². The number of carbonyl (C=O) groups excluding carboxylic acids is 1. The van der Waals surface area contributed by atoms with Crippen molar-refractivity contribution in [2.75, 3.05) is 6.54 Å². The summed E-state index contributed by atoms with van der Waals surface area (Å²) in [7, 11) is 0. The minimum absolute atomic E-state index is 0. The topological polar surface area (TPSA) is 64.4 Å². The first-order valence-electron chi connectivity index (χ1n) is 7.05. The van der Waals surface area contributed by atoms with Crippen molar-refractivity contribution in [3.8, 4) is 5.75 Å². The largest absolute Gasteiger partial charge is 0.573 e. The number of alkyl halides is 3. The molecule has 1 atom stereocenters. The molecule has 0 spiro atoms. The van der Waals surface area contributed by atoms with E-state index in [0.29, 0.717) is 25.3 Å². The Morgan fingerprint density at radius 3 is 2.30 bits per heavy atom. The van der Waals surface area contributed by atoms with Crippen molar-refractivity contribution in [3.05, 3.63) is 29.8 Å². The van der Waals surface area contributed by atoms with E-state index in [1.54, 1.807) is 0 Å². The number of nitrogens with two attached hydrogens (primary N) is 1. The zero-order chi connectivity index (χ0) is 16.8. The number of amides is 1. The lowest BCUT2D eigenvalue weighted by molar-refractivity contribution is -0.274. The molecule has 1 amide bonds. The van der Waals surface area contributed by atoms with E-state index in [9.17, 15) is 18.0 Å². The van der Waals surface area contributed by atoms with Gasteiger partial charge in [0.05, 0.1) is 6.04 Å². The Bertz CT molecular complexity index is 479. The van der Waals surface area contributed by atoms with Crippen molar-refractivity contribution in [1.29, 1.82) is 0 Å². The number of halogens is 4. The molecule has 0 heterocycles. The highest BCUT2D eigenvalue weighted by Crippen LogP contribution is 2.22. The second-order valence-corrected chi connectivity index (χ2v) is 5.47. The second-order valence-electron chi connectivity index (χ2n) is 5.47. The predicted molar refractivity (Wildman–Crippen MR) is 84.5 cm³/mol. The van der Waals surface area contributed by atoms with Gasteiger partial charge in [0, 0.05) is 6.54 Å². The Kier molecular flexibility index (Phi) is 9.01. The van der Waals surface area contributed by atoms with Gasteiger partial charge in [0.25, 0.3) is 0 Å². The molecule has 0 aliphatic rings. The molecule has 0 aliphatic heterocycles. The van der Waals surface area contributed by atoms with E-state index < -0.39 is 12.4 Å². The highest BCUT2D eigenvalue weighted by Gasteiger charge is 2.30. The van der Waals surface area contributed by atoms with E-state index in [4.69, 9.17) is 5.73 Å². The first-order chi connectivity index (χ1) is 10.2. The molecule has 0 saturated carbocycles. The van der Waals surface area contributed by atoms with E-state index in [0.717, 1.165) is 5.56 Å². The van der Waals surface area contributed by atoms with Gasteiger partial charge in [-0.25, -0.2) is 0 Å². The highest BCUT2D eigenvalue weighted by molar-refractivity contribution is 5.85. The molecule has 132 valence electrons. The maximum Gasteiger partial charge on any atom is 0.573 e. The minimum atomic E-state index is -4.69. The van der Waals surface area contributed by atoms with Crippen molar-refractivity contribution in [2.24, 2.45) is 11.7 Å². The van der Waals surface area contributed by atoms with Gasteiger partial charge in [-0.05, 0) is 36.5 Å². The first kappa shape index (κ1) is 21.5. The fraction of sp³-hybridized carbons (Fsp3) is 0.533. The Labute approximate surface area is 140 Å². The Balaban J connectivity index is 0.00000484. The van der Waals surface area contributed by atoms with Gasteiger partial charge < -0.3 is 15.8 Å². The molecule has 0 aromatic heterocycles. The third-order valence-electron chi connectivity index (χ3n) is 2.93. The fourth-order valence-electron chi connectivity index (χ4n) is 1.93. The average molecular weight is 355 g/mol. The summed E-state index contributed by atoms with van der Waals surface area (Å²) in [5.74, 6) is -0.146. The third kappa shape index (κ3) is 9.30. The van der Waals surface area contributed by atoms with Crippen molar-refractivity contribution in [3.63, 3.8) is 0 Å². The Morgan fingerprint density at radius 2 is 1.83 bits per heavy atom. The van der Waals surface area contributed by atoms with Crippen LogP contribution >= 0.6 is 12.4 Å². The molecule has 1 aromatic rings.